The summed E-state index contributed by atoms with van der Waals surface area (Å²) in [5.41, 5.74) is 7.75. The maximum Gasteiger partial charge on any atom is 0.165 e. The molecule has 0 aromatic heterocycles. The number of fused-ring (bicyclic) bond motifs is 1. The van der Waals surface area contributed by atoms with E-state index in [1.807, 2.05) is 13.0 Å². The van der Waals surface area contributed by atoms with Crippen LogP contribution in [0.15, 0.2) is 12.1 Å². The lowest BCUT2D eigenvalue weighted by molar-refractivity contribution is 0.167. The van der Waals surface area contributed by atoms with Crippen LogP contribution < -0.4 is 15.2 Å². The maximum absolute atomic E-state index is 13.7. The molecule has 1 aromatic carbocycles. The van der Waals surface area contributed by atoms with Crippen LogP contribution in [0, 0.1) is 0 Å². The molecule has 2 unspecified atom stereocenters. The van der Waals surface area contributed by atoms with E-state index in [1.165, 1.54) is 0 Å². The SMILES string of the molecule is CC(F)c1cc2c(c(C3(C(C)N)CC3)c1)OCCO2. The van der Waals surface area contributed by atoms with Crippen LogP contribution in [-0.2, 0) is 5.41 Å². The van der Waals surface area contributed by atoms with Crippen LogP contribution in [0.1, 0.15) is 44.0 Å². The molecule has 2 N–H and O–H groups in total. The number of rotatable bonds is 3. The van der Waals surface area contributed by atoms with Crippen LogP contribution in [0.5, 0.6) is 11.5 Å². The van der Waals surface area contributed by atoms with Crippen LogP contribution in [0.3, 0.4) is 0 Å². The van der Waals surface area contributed by atoms with Gasteiger partial charge in [0.05, 0.1) is 0 Å². The minimum atomic E-state index is -1.02. The molecular weight excluding hydrogens is 245 g/mol. The van der Waals surface area contributed by atoms with E-state index in [0.717, 1.165) is 24.2 Å². The van der Waals surface area contributed by atoms with Gasteiger partial charge in [-0.15, -0.1) is 0 Å². The lowest BCUT2D eigenvalue weighted by atomic mass is 9.86. The molecule has 1 fully saturated rings. The molecule has 19 heavy (non-hydrogen) atoms. The van der Waals surface area contributed by atoms with Gasteiger partial charge in [-0.25, -0.2) is 4.39 Å². The molecule has 4 heteroatoms. The summed E-state index contributed by atoms with van der Waals surface area (Å²) >= 11 is 0. The van der Waals surface area contributed by atoms with Crippen LogP contribution in [0.25, 0.3) is 0 Å². The van der Waals surface area contributed by atoms with E-state index in [9.17, 15) is 4.39 Å². The number of alkyl halides is 1. The Bertz CT molecular complexity index is 495. The first-order valence-corrected chi connectivity index (χ1v) is 6.88. The second-order valence-electron chi connectivity index (χ2n) is 5.65. The summed E-state index contributed by atoms with van der Waals surface area (Å²) in [5, 5.41) is 0. The molecule has 0 radical (unpaired) electrons. The van der Waals surface area contributed by atoms with E-state index in [2.05, 4.69) is 0 Å². The number of halogens is 1. The molecule has 0 bridgehead atoms. The fourth-order valence-corrected chi connectivity index (χ4v) is 2.88. The molecule has 0 spiro atoms. The highest BCUT2D eigenvalue weighted by atomic mass is 19.1. The second-order valence-corrected chi connectivity index (χ2v) is 5.65. The molecule has 0 amide bonds. The molecule has 1 saturated carbocycles. The molecule has 0 saturated heterocycles. The van der Waals surface area contributed by atoms with Crippen molar-refractivity contribution in [1.82, 2.24) is 0 Å². The molecule has 104 valence electrons. The average molecular weight is 265 g/mol. The average Bonchev–Trinajstić information content (AvgIpc) is 3.18. The van der Waals surface area contributed by atoms with Gasteiger partial charge >= 0.3 is 0 Å². The summed E-state index contributed by atoms with van der Waals surface area (Å²) in [7, 11) is 0. The Kier molecular flexibility index (Phi) is 2.93. The molecule has 1 heterocycles. The summed E-state index contributed by atoms with van der Waals surface area (Å²) in [6, 6.07) is 3.70. The predicted octanol–water partition coefficient (Wildman–Crippen LogP) is 2.87. The Morgan fingerprint density at radius 3 is 2.47 bits per heavy atom. The van der Waals surface area contributed by atoms with E-state index in [-0.39, 0.29) is 11.5 Å². The van der Waals surface area contributed by atoms with E-state index >= 15 is 0 Å². The van der Waals surface area contributed by atoms with E-state index in [0.29, 0.717) is 24.5 Å². The van der Waals surface area contributed by atoms with Crippen molar-refractivity contribution in [1.29, 1.82) is 0 Å². The van der Waals surface area contributed by atoms with Crippen molar-refractivity contribution >= 4 is 0 Å². The minimum Gasteiger partial charge on any atom is -0.486 e. The van der Waals surface area contributed by atoms with Crippen molar-refractivity contribution in [2.45, 2.75) is 44.3 Å². The largest absolute Gasteiger partial charge is 0.486 e. The number of nitrogens with two attached hydrogens (primary N) is 1. The van der Waals surface area contributed by atoms with Crippen molar-refractivity contribution in [2.24, 2.45) is 5.73 Å². The van der Waals surface area contributed by atoms with Crippen molar-refractivity contribution in [3.8, 4) is 11.5 Å². The third-order valence-corrected chi connectivity index (χ3v) is 4.32. The lowest BCUT2D eigenvalue weighted by Crippen LogP contribution is -2.33. The zero-order valence-electron chi connectivity index (χ0n) is 11.4. The summed E-state index contributed by atoms with van der Waals surface area (Å²) in [5.74, 6) is 1.43. The van der Waals surface area contributed by atoms with Gasteiger partial charge in [-0.2, -0.15) is 0 Å². The normalized spacial score (nSPS) is 22.7. The third kappa shape index (κ3) is 1.98. The van der Waals surface area contributed by atoms with Gasteiger partial charge in [0.1, 0.15) is 19.4 Å². The van der Waals surface area contributed by atoms with Gasteiger partial charge in [0, 0.05) is 17.0 Å². The Morgan fingerprint density at radius 2 is 1.89 bits per heavy atom. The molecule has 1 aromatic rings. The lowest BCUT2D eigenvalue weighted by Gasteiger charge is -2.28. The fourth-order valence-electron chi connectivity index (χ4n) is 2.88. The first kappa shape index (κ1) is 12.7. The van der Waals surface area contributed by atoms with Crippen molar-refractivity contribution < 1.29 is 13.9 Å². The van der Waals surface area contributed by atoms with Gasteiger partial charge < -0.3 is 15.2 Å². The second kappa shape index (κ2) is 4.37. The first-order chi connectivity index (χ1) is 9.04. The van der Waals surface area contributed by atoms with Crippen molar-refractivity contribution in [3.05, 3.63) is 23.3 Å². The predicted molar refractivity (Wildman–Crippen MR) is 71.5 cm³/mol. The van der Waals surface area contributed by atoms with Crippen molar-refractivity contribution in [2.75, 3.05) is 13.2 Å². The van der Waals surface area contributed by atoms with Gasteiger partial charge in [-0.1, -0.05) is 0 Å². The summed E-state index contributed by atoms with van der Waals surface area (Å²) in [6.45, 7) is 4.61. The summed E-state index contributed by atoms with van der Waals surface area (Å²) in [4.78, 5) is 0. The topological polar surface area (TPSA) is 44.5 Å². The van der Waals surface area contributed by atoms with Gasteiger partial charge in [-0.05, 0) is 44.4 Å². The third-order valence-electron chi connectivity index (χ3n) is 4.32. The van der Waals surface area contributed by atoms with Crippen molar-refractivity contribution in [3.63, 3.8) is 0 Å². The fraction of sp³-hybridized carbons (Fsp3) is 0.600. The smallest absolute Gasteiger partial charge is 0.165 e. The zero-order valence-corrected chi connectivity index (χ0v) is 11.4. The quantitative estimate of drug-likeness (QED) is 0.914. The molecular formula is C15H20FNO2. The molecule has 1 aliphatic heterocycles. The van der Waals surface area contributed by atoms with Crippen LogP contribution >= 0.6 is 0 Å². The molecule has 2 atom stereocenters. The minimum absolute atomic E-state index is 0.0345. The van der Waals surface area contributed by atoms with Crippen LogP contribution in [0.2, 0.25) is 0 Å². The Labute approximate surface area is 112 Å². The van der Waals surface area contributed by atoms with Gasteiger partial charge in [0.25, 0.3) is 0 Å². The number of hydrogen-bond donors (Lipinski definition) is 1. The summed E-state index contributed by atoms with van der Waals surface area (Å²) in [6.07, 6.45) is 1.05. The Hall–Kier alpha value is -1.29. The van der Waals surface area contributed by atoms with Gasteiger partial charge in [0.15, 0.2) is 11.5 Å². The number of benzene rings is 1. The molecule has 3 nitrogen and oxygen atoms in total. The molecule has 3 rings (SSSR count). The zero-order chi connectivity index (χ0) is 13.6. The highest BCUT2D eigenvalue weighted by Gasteiger charge is 2.50. The Balaban J connectivity index is 2.14. The van der Waals surface area contributed by atoms with E-state index in [4.69, 9.17) is 15.2 Å². The molecule has 1 aliphatic carbocycles. The monoisotopic (exact) mass is 265 g/mol. The van der Waals surface area contributed by atoms with Gasteiger partial charge in [-0.3, -0.25) is 0 Å². The highest BCUT2D eigenvalue weighted by Crippen LogP contribution is 2.56. The van der Waals surface area contributed by atoms with Gasteiger partial charge in [0.2, 0.25) is 0 Å². The first-order valence-electron chi connectivity index (χ1n) is 6.88. The highest BCUT2D eigenvalue weighted by molar-refractivity contribution is 5.56. The van der Waals surface area contributed by atoms with Crippen LogP contribution in [0.4, 0.5) is 4.39 Å². The molecule has 2 aliphatic rings. The number of hydrogen-bond acceptors (Lipinski definition) is 3. The van der Waals surface area contributed by atoms with Crippen LogP contribution in [-0.4, -0.2) is 19.3 Å². The maximum atomic E-state index is 13.7. The Morgan fingerprint density at radius 1 is 1.21 bits per heavy atom. The number of ether oxygens (including phenoxy) is 2. The van der Waals surface area contributed by atoms with E-state index in [1.54, 1.807) is 13.0 Å². The summed E-state index contributed by atoms with van der Waals surface area (Å²) < 4.78 is 25.1. The standard InChI is InChI=1S/C15H20FNO2/c1-9(16)11-7-12(15(3-4-15)10(2)17)14-13(8-11)18-5-6-19-14/h7-10H,3-6,17H2,1-2H3. The van der Waals surface area contributed by atoms with E-state index < -0.39 is 6.17 Å².